The van der Waals surface area contributed by atoms with E-state index >= 15 is 0 Å². The number of nitrogen functional groups attached to an aromatic ring is 2. The standard InChI is InChI=1S/C33H26N6/c34-25-9-15-28(16-10-25)39(29-17-11-26(35)12-18-29)27-13-7-23(8-14-27)24-21-32(30-5-1-3-19-36-30)38-33(22-24)31-6-2-4-20-37-31/h1-22H,34-35H2. The number of pyridine rings is 3. The van der Waals surface area contributed by atoms with Gasteiger partial charge in [-0.15, -0.1) is 0 Å². The van der Waals surface area contributed by atoms with E-state index in [1.807, 2.05) is 84.9 Å². The molecule has 39 heavy (non-hydrogen) atoms. The Bertz CT molecular complexity index is 1580. The zero-order chi connectivity index (χ0) is 26.6. The summed E-state index contributed by atoms with van der Waals surface area (Å²) in [5.74, 6) is 0. The largest absolute Gasteiger partial charge is 0.399 e. The second-order valence-corrected chi connectivity index (χ2v) is 9.12. The second kappa shape index (κ2) is 10.5. The molecule has 0 spiro atoms. The number of hydrogen-bond acceptors (Lipinski definition) is 6. The van der Waals surface area contributed by atoms with E-state index in [9.17, 15) is 0 Å². The van der Waals surface area contributed by atoms with Crippen molar-refractivity contribution < 1.29 is 0 Å². The van der Waals surface area contributed by atoms with Crippen molar-refractivity contribution in [3.63, 3.8) is 0 Å². The van der Waals surface area contributed by atoms with Gasteiger partial charge in [0.1, 0.15) is 0 Å². The number of rotatable bonds is 6. The van der Waals surface area contributed by atoms with Crippen LogP contribution in [0.5, 0.6) is 0 Å². The van der Waals surface area contributed by atoms with Crippen molar-refractivity contribution in [3.8, 4) is 33.9 Å². The van der Waals surface area contributed by atoms with Crippen molar-refractivity contribution in [2.45, 2.75) is 0 Å². The van der Waals surface area contributed by atoms with E-state index in [1.54, 1.807) is 12.4 Å². The van der Waals surface area contributed by atoms with Gasteiger partial charge in [-0.3, -0.25) is 9.97 Å². The quantitative estimate of drug-likeness (QED) is 0.227. The zero-order valence-corrected chi connectivity index (χ0v) is 21.1. The van der Waals surface area contributed by atoms with Crippen LogP contribution in [-0.2, 0) is 0 Å². The van der Waals surface area contributed by atoms with Gasteiger partial charge < -0.3 is 16.4 Å². The van der Waals surface area contributed by atoms with Crippen LogP contribution in [0, 0.1) is 0 Å². The Hall–Kier alpha value is -5.49. The number of hydrogen-bond donors (Lipinski definition) is 2. The van der Waals surface area contributed by atoms with Gasteiger partial charge in [-0.2, -0.15) is 0 Å². The predicted molar refractivity (Wildman–Crippen MR) is 160 cm³/mol. The molecule has 0 unspecified atom stereocenters. The summed E-state index contributed by atoms with van der Waals surface area (Å²) in [5.41, 5.74) is 21.7. The lowest BCUT2D eigenvalue weighted by Gasteiger charge is -2.26. The minimum atomic E-state index is 0.719. The molecule has 0 atom stereocenters. The van der Waals surface area contributed by atoms with Crippen molar-refractivity contribution >= 4 is 28.4 Å². The maximum absolute atomic E-state index is 5.97. The van der Waals surface area contributed by atoms with Crippen LogP contribution >= 0.6 is 0 Å². The number of nitrogens with two attached hydrogens (primary N) is 2. The summed E-state index contributed by atoms with van der Waals surface area (Å²) in [5, 5.41) is 0. The van der Waals surface area contributed by atoms with Crippen LogP contribution < -0.4 is 16.4 Å². The minimum absolute atomic E-state index is 0.719. The van der Waals surface area contributed by atoms with Crippen LogP contribution in [0.4, 0.5) is 28.4 Å². The molecule has 0 amide bonds. The summed E-state index contributed by atoms with van der Waals surface area (Å²) in [6.45, 7) is 0. The maximum atomic E-state index is 5.97. The number of aromatic nitrogens is 3. The molecule has 6 nitrogen and oxygen atoms in total. The van der Waals surface area contributed by atoms with Gasteiger partial charge in [0.25, 0.3) is 0 Å². The summed E-state index contributed by atoms with van der Waals surface area (Å²) in [6, 6.07) is 40.0. The Kier molecular flexibility index (Phi) is 6.41. The smallest absolute Gasteiger partial charge is 0.0900 e. The Morgan fingerprint density at radius 3 is 1.28 bits per heavy atom. The van der Waals surface area contributed by atoms with Gasteiger partial charge in [0, 0.05) is 40.8 Å². The normalized spacial score (nSPS) is 10.8. The molecule has 0 fully saturated rings. The molecule has 6 heteroatoms. The van der Waals surface area contributed by atoms with Gasteiger partial charge in [-0.05, 0) is 108 Å². The van der Waals surface area contributed by atoms with Gasteiger partial charge in [0.05, 0.1) is 22.8 Å². The molecule has 3 aromatic carbocycles. The summed E-state index contributed by atoms with van der Waals surface area (Å²) < 4.78 is 0. The maximum Gasteiger partial charge on any atom is 0.0900 e. The Morgan fingerprint density at radius 1 is 0.436 bits per heavy atom. The van der Waals surface area contributed by atoms with E-state index in [2.05, 4.69) is 51.3 Å². The van der Waals surface area contributed by atoms with E-state index < -0.39 is 0 Å². The van der Waals surface area contributed by atoms with Crippen molar-refractivity contribution in [3.05, 3.63) is 134 Å². The lowest BCUT2D eigenvalue weighted by atomic mass is 10.0. The molecule has 0 aliphatic rings. The molecule has 3 aromatic heterocycles. The molecule has 0 saturated heterocycles. The van der Waals surface area contributed by atoms with Crippen LogP contribution in [0.1, 0.15) is 0 Å². The van der Waals surface area contributed by atoms with E-state index in [1.165, 1.54) is 0 Å². The lowest BCUT2D eigenvalue weighted by Crippen LogP contribution is -2.10. The monoisotopic (exact) mass is 506 g/mol. The molecule has 0 aliphatic carbocycles. The number of anilines is 5. The van der Waals surface area contributed by atoms with Crippen LogP contribution in [0.2, 0.25) is 0 Å². The van der Waals surface area contributed by atoms with E-state index in [0.29, 0.717) is 0 Å². The SMILES string of the molecule is Nc1ccc(N(c2ccc(N)cc2)c2ccc(-c3cc(-c4ccccn4)nc(-c4ccccn4)c3)cc2)cc1. The van der Waals surface area contributed by atoms with Crippen molar-refractivity contribution in [1.29, 1.82) is 0 Å². The highest BCUT2D eigenvalue weighted by atomic mass is 15.1. The summed E-state index contributed by atoms with van der Waals surface area (Å²) in [7, 11) is 0. The topological polar surface area (TPSA) is 94.0 Å². The van der Waals surface area contributed by atoms with Gasteiger partial charge in [0.15, 0.2) is 0 Å². The fourth-order valence-corrected chi connectivity index (χ4v) is 4.49. The molecule has 188 valence electrons. The number of benzene rings is 3. The summed E-state index contributed by atoms with van der Waals surface area (Å²) >= 11 is 0. The van der Waals surface area contributed by atoms with Gasteiger partial charge in [-0.1, -0.05) is 24.3 Å². The average Bonchev–Trinajstić information content (AvgIpc) is 3.00. The molecule has 6 aromatic rings. The first-order chi connectivity index (χ1) is 19.1. The molecule has 0 saturated carbocycles. The third-order valence-corrected chi connectivity index (χ3v) is 6.44. The van der Waals surface area contributed by atoms with Crippen LogP contribution in [0.25, 0.3) is 33.9 Å². The van der Waals surface area contributed by atoms with Crippen LogP contribution in [0.15, 0.2) is 134 Å². The first-order valence-corrected chi connectivity index (χ1v) is 12.6. The van der Waals surface area contributed by atoms with E-state index in [4.69, 9.17) is 16.5 Å². The second-order valence-electron chi connectivity index (χ2n) is 9.12. The highest BCUT2D eigenvalue weighted by Crippen LogP contribution is 2.37. The van der Waals surface area contributed by atoms with Crippen LogP contribution in [-0.4, -0.2) is 15.0 Å². The fraction of sp³-hybridized carbons (Fsp3) is 0. The average molecular weight is 507 g/mol. The van der Waals surface area contributed by atoms with Crippen molar-refractivity contribution in [1.82, 2.24) is 15.0 Å². The predicted octanol–water partition coefficient (Wildman–Crippen LogP) is 7.51. The third kappa shape index (κ3) is 5.17. The molecule has 0 bridgehead atoms. The molecule has 6 rings (SSSR count). The van der Waals surface area contributed by atoms with Gasteiger partial charge >= 0.3 is 0 Å². The zero-order valence-electron chi connectivity index (χ0n) is 21.1. The molecule has 0 radical (unpaired) electrons. The molecule has 4 N–H and O–H groups in total. The fourth-order valence-electron chi connectivity index (χ4n) is 4.49. The van der Waals surface area contributed by atoms with Crippen LogP contribution in [0.3, 0.4) is 0 Å². The molecule has 0 aliphatic heterocycles. The van der Waals surface area contributed by atoms with Gasteiger partial charge in [0.2, 0.25) is 0 Å². The molecular formula is C33H26N6. The van der Waals surface area contributed by atoms with Crippen molar-refractivity contribution in [2.75, 3.05) is 16.4 Å². The number of nitrogens with zero attached hydrogens (tertiary/aromatic N) is 4. The highest BCUT2D eigenvalue weighted by molar-refractivity contribution is 5.80. The minimum Gasteiger partial charge on any atom is -0.399 e. The van der Waals surface area contributed by atoms with E-state index in [-0.39, 0.29) is 0 Å². The first-order valence-electron chi connectivity index (χ1n) is 12.6. The highest BCUT2D eigenvalue weighted by Gasteiger charge is 2.14. The van der Waals surface area contributed by atoms with E-state index in [0.717, 1.165) is 62.3 Å². The molecule has 3 heterocycles. The van der Waals surface area contributed by atoms with Gasteiger partial charge in [-0.25, -0.2) is 4.98 Å². The Labute approximate surface area is 227 Å². The third-order valence-electron chi connectivity index (χ3n) is 6.44. The summed E-state index contributed by atoms with van der Waals surface area (Å²) in [4.78, 5) is 16.1. The van der Waals surface area contributed by atoms with Crippen molar-refractivity contribution in [2.24, 2.45) is 0 Å². The Morgan fingerprint density at radius 2 is 0.872 bits per heavy atom. The summed E-state index contributed by atoms with van der Waals surface area (Å²) in [6.07, 6.45) is 3.56. The lowest BCUT2D eigenvalue weighted by molar-refractivity contribution is 1.22. The Balaban J connectivity index is 1.43. The molecular weight excluding hydrogens is 480 g/mol. The first kappa shape index (κ1) is 23.9.